The number of hydrogen-bond acceptors (Lipinski definition) is 4. The van der Waals surface area contributed by atoms with Gasteiger partial charge in [0.2, 0.25) is 0 Å². The molecule has 0 bridgehead atoms. The Morgan fingerprint density at radius 1 is 1.29 bits per heavy atom. The van der Waals surface area contributed by atoms with Crippen LogP contribution in [-0.2, 0) is 14.7 Å². The largest absolute Gasteiger partial charge is 0.298 e. The Kier molecular flexibility index (Phi) is 2.18. The van der Waals surface area contributed by atoms with E-state index in [1.165, 1.54) is 0 Å². The summed E-state index contributed by atoms with van der Waals surface area (Å²) in [6.07, 6.45) is 0. The molecule has 14 heavy (non-hydrogen) atoms. The quantitative estimate of drug-likeness (QED) is 0.593. The van der Waals surface area contributed by atoms with Crippen LogP contribution in [0.25, 0.3) is 0 Å². The van der Waals surface area contributed by atoms with Crippen LogP contribution >= 0.6 is 0 Å². The first kappa shape index (κ1) is 10.4. The van der Waals surface area contributed by atoms with E-state index in [1.54, 1.807) is 0 Å². The second kappa shape index (κ2) is 2.93. The lowest BCUT2D eigenvalue weighted by Crippen LogP contribution is -2.45. The Balaban J connectivity index is 2.21. The molecule has 2 heterocycles. The molecule has 0 aromatic rings. The van der Waals surface area contributed by atoms with Crippen molar-refractivity contribution in [3.63, 3.8) is 0 Å². The zero-order valence-corrected chi connectivity index (χ0v) is 9.67. The van der Waals surface area contributed by atoms with Crippen LogP contribution in [0, 0.1) is 5.92 Å². The van der Waals surface area contributed by atoms with Crippen LogP contribution in [0.3, 0.4) is 0 Å². The van der Waals surface area contributed by atoms with E-state index in [1.807, 2.05) is 25.8 Å². The molecule has 2 aliphatic rings. The smallest absolute Gasteiger partial charge is 0.152 e. The van der Waals surface area contributed by atoms with Crippen molar-refractivity contribution < 1.29 is 13.3 Å². The normalized spacial score (nSPS) is 37.4. The first-order valence-electron chi connectivity index (χ1n) is 4.92. The summed E-state index contributed by atoms with van der Waals surface area (Å²) in [7, 11) is -2.82. The molecule has 2 fully saturated rings. The molecular formula is C9H17NO3S. The van der Waals surface area contributed by atoms with E-state index in [0.717, 1.165) is 0 Å². The summed E-state index contributed by atoms with van der Waals surface area (Å²) in [5.41, 5.74) is -0.112. The molecule has 0 aromatic heterocycles. The van der Waals surface area contributed by atoms with Crippen molar-refractivity contribution in [2.24, 2.45) is 5.92 Å². The van der Waals surface area contributed by atoms with Gasteiger partial charge in [0, 0.05) is 11.5 Å². The minimum atomic E-state index is -2.82. The fourth-order valence-electron chi connectivity index (χ4n) is 2.28. The summed E-state index contributed by atoms with van der Waals surface area (Å²) in [6.45, 7) is 6.68. The number of rotatable bonds is 0. The summed E-state index contributed by atoms with van der Waals surface area (Å²) >= 11 is 0. The average molecular weight is 219 g/mol. The molecule has 2 aliphatic heterocycles. The van der Waals surface area contributed by atoms with E-state index in [-0.39, 0.29) is 23.3 Å². The highest BCUT2D eigenvalue weighted by molar-refractivity contribution is 7.91. The molecule has 0 aliphatic carbocycles. The third-order valence-corrected chi connectivity index (χ3v) is 4.61. The maximum absolute atomic E-state index is 11.4. The van der Waals surface area contributed by atoms with Crippen LogP contribution in [0.2, 0.25) is 0 Å². The minimum Gasteiger partial charge on any atom is -0.298 e. The molecule has 0 radical (unpaired) electrons. The van der Waals surface area contributed by atoms with Gasteiger partial charge in [-0.3, -0.25) is 4.84 Å². The van der Waals surface area contributed by atoms with E-state index in [0.29, 0.717) is 12.4 Å². The van der Waals surface area contributed by atoms with E-state index >= 15 is 0 Å². The van der Waals surface area contributed by atoms with Gasteiger partial charge in [-0.1, -0.05) is 0 Å². The van der Waals surface area contributed by atoms with Gasteiger partial charge in [0.25, 0.3) is 0 Å². The number of hydrogen-bond donors (Lipinski definition) is 0. The summed E-state index contributed by atoms with van der Waals surface area (Å²) in [5.74, 6) is 0.735. The lowest BCUT2D eigenvalue weighted by atomic mass is 10.0. The molecule has 4 nitrogen and oxygen atoms in total. The lowest BCUT2D eigenvalue weighted by molar-refractivity contribution is -0.184. The van der Waals surface area contributed by atoms with E-state index in [4.69, 9.17) is 4.84 Å². The molecular weight excluding hydrogens is 202 g/mol. The summed E-state index contributed by atoms with van der Waals surface area (Å²) < 4.78 is 22.9. The molecule has 0 saturated carbocycles. The van der Waals surface area contributed by atoms with Gasteiger partial charge in [0.15, 0.2) is 9.84 Å². The lowest BCUT2D eigenvalue weighted by Gasteiger charge is -2.33. The molecule has 0 spiro atoms. The number of sulfone groups is 1. The predicted octanol–water partition coefficient (Wildman–Crippen LogP) is 0.445. The van der Waals surface area contributed by atoms with Gasteiger partial charge in [-0.25, -0.2) is 8.42 Å². The van der Waals surface area contributed by atoms with Crippen LogP contribution < -0.4 is 0 Å². The third-order valence-electron chi connectivity index (χ3n) is 2.83. The van der Waals surface area contributed by atoms with Gasteiger partial charge in [-0.15, -0.1) is 0 Å². The zero-order valence-electron chi connectivity index (χ0n) is 8.86. The molecule has 82 valence electrons. The SMILES string of the molecule is CC(C)(C)N1OC[C@@H]2CS(=O)(=O)C[C@@H]21. The fraction of sp³-hybridized carbons (Fsp3) is 1.00. The Labute approximate surface area is 85.1 Å². The van der Waals surface area contributed by atoms with E-state index in [9.17, 15) is 8.42 Å². The third kappa shape index (κ3) is 1.68. The highest BCUT2D eigenvalue weighted by atomic mass is 32.2. The number of hydroxylamine groups is 2. The van der Waals surface area contributed by atoms with Gasteiger partial charge in [0.05, 0.1) is 24.2 Å². The first-order chi connectivity index (χ1) is 6.30. The van der Waals surface area contributed by atoms with Crippen LogP contribution in [-0.4, -0.2) is 43.2 Å². The van der Waals surface area contributed by atoms with Crippen molar-refractivity contribution in [3.8, 4) is 0 Å². The van der Waals surface area contributed by atoms with Crippen LogP contribution in [0.5, 0.6) is 0 Å². The summed E-state index contributed by atoms with van der Waals surface area (Å²) in [6, 6.07) is 0.0694. The Hall–Kier alpha value is -0.130. The Morgan fingerprint density at radius 3 is 2.50 bits per heavy atom. The topological polar surface area (TPSA) is 46.6 Å². The zero-order chi connectivity index (χ0) is 10.6. The second-order valence-electron chi connectivity index (χ2n) is 5.20. The van der Waals surface area contributed by atoms with Crippen molar-refractivity contribution in [1.82, 2.24) is 5.06 Å². The van der Waals surface area contributed by atoms with E-state index < -0.39 is 9.84 Å². The maximum atomic E-state index is 11.4. The van der Waals surface area contributed by atoms with E-state index in [2.05, 4.69) is 0 Å². The molecule has 0 N–H and O–H groups in total. The maximum Gasteiger partial charge on any atom is 0.152 e. The Morgan fingerprint density at radius 2 is 1.93 bits per heavy atom. The molecule has 0 aromatic carbocycles. The van der Waals surface area contributed by atoms with Crippen LogP contribution in [0.4, 0.5) is 0 Å². The number of nitrogens with zero attached hydrogens (tertiary/aromatic N) is 1. The summed E-state index contributed by atoms with van der Waals surface area (Å²) in [4.78, 5) is 5.55. The molecule has 2 rings (SSSR count). The van der Waals surface area contributed by atoms with Crippen LogP contribution in [0.1, 0.15) is 20.8 Å². The summed E-state index contributed by atoms with van der Waals surface area (Å²) in [5, 5.41) is 1.86. The van der Waals surface area contributed by atoms with Crippen molar-refractivity contribution in [1.29, 1.82) is 0 Å². The second-order valence-corrected chi connectivity index (χ2v) is 7.35. The molecule has 2 saturated heterocycles. The average Bonchev–Trinajstić information content (AvgIpc) is 2.38. The van der Waals surface area contributed by atoms with Crippen molar-refractivity contribution in [2.75, 3.05) is 18.1 Å². The number of fused-ring (bicyclic) bond motifs is 1. The predicted molar refractivity (Wildman–Crippen MR) is 53.5 cm³/mol. The van der Waals surface area contributed by atoms with Gasteiger partial charge in [-0.05, 0) is 20.8 Å². The molecule has 0 amide bonds. The monoisotopic (exact) mass is 219 g/mol. The van der Waals surface area contributed by atoms with Crippen molar-refractivity contribution >= 4 is 9.84 Å². The van der Waals surface area contributed by atoms with Crippen molar-refractivity contribution in [2.45, 2.75) is 32.4 Å². The molecule has 5 heteroatoms. The van der Waals surface area contributed by atoms with Crippen molar-refractivity contribution in [3.05, 3.63) is 0 Å². The van der Waals surface area contributed by atoms with Gasteiger partial charge >= 0.3 is 0 Å². The highest BCUT2D eigenvalue weighted by Crippen LogP contribution is 2.35. The Bertz CT molecular complexity index is 330. The first-order valence-corrected chi connectivity index (χ1v) is 6.74. The standard InChI is InChI=1S/C9H17NO3S/c1-9(2,3)10-8-6-14(11,12)5-7(8)4-13-10/h7-8H,4-6H2,1-3H3/t7-,8+/m1/s1. The van der Waals surface area contributed by atoms with Gasteiger partial charge < -0.3 is 0 Å². The highest BCUT2D eigenvalue weighted by Gasteiger charge is 2.49. The van der Waals surface area contributed by atoms with Crippen LogP contribution in [0.15, 0.2) is 0 Å². The minimum absolute atomic E-state index is 0.0694. The molecule has 2 atom stereocenters. The fourth-order valence-corrected chi connectivity index (χ4v) is 4.32. The molecule has 0 unspecified atom stereocenters. The van der Waals surface area contributed by atoms with Gasteiger partial charge in [-0.2, -0.15) is 5.06 Å². The van der Waals surface area contributed by atoms with Gasteiger partial charge in [0.1, 0.15) is 0 Å².